The molecule has 0 aliphatic carbocycles. The fraction of sp³-hybridized carbons (Fsp3) is 0.529. The van der Waals surface area contributed by atoms with Crippen molar-refractivity contribution in [2.24, 2.45) is 0 Å². The summed E-state index contributed by atoms with van der Waals surface area (Å²) in [5, 5.41) is 5.96. The van der Waals surface area contributed by atoms with Crippen LogP contribution in [0.15, 0.2) is 32.5 Å². The summed E-state index contributed by atoms with van der Waals surface area (Å²) in [6, 6.07) is 3.06. The number of H-pyrrole nitrogens is 1. The zero-order chi connectivity index (χ0) is 34.7. The Morgan fingerprint density at radius 3 is 2.74 bits per heavy atom. The van der Waals surface area contributed by atoms with Gasteiger partial charge in [0.25, 0.3) is 5.56 Å². The average molecular weight is 690 g/mol. The molecule has 3 aromatic heterocycles. The molecule has 2 fully saturated rings. The third kappa shape index (κ3) is 5.70. The summed E-state index contributed by atoms with van der Waals surface area (Å²) < 4.78 is 31.7. The molecule has 0 bridgehead atoms. The maximum absolute atomic E-state index is 13.4. The van der Waals surface area contributed by atoms with Crippen LogP contribution in [0.1, 0.15) is 74.2 Å². The van der Waals surface area contributed by atoms with Crippen LogP contribution < -0.4 is 26.7 Å². The highest BCUT2D eigenvalue weighted by Crippen LogP contribution is 2.44. The van der Waals surface area contributed by atoms with Crippen molar-refractivity contribution in [3.8, 4) is 0 Å². The van der Waals surface area contributed by atoms with E-state index in [2.05, 4.69) is 30.5 Å². The van der Waals surface area contributed by atoms with E-state index in [9.17, 15) is 19.2 Å². The molecular weight excluding hydrogens is 650 g/mol. The Kier molecular flexibility index (Phi) is 8.11. The maximum Gasteiger partial charge on any atom is 0.351 e. The van der Waals surface area contributed by atoms with Gasteiger partial charge in [-0.2, -0.15) is 4.98 Å². The van der Waals surface area contributed by atoms with Gasteiger partial charge < -0.3 is 33.6 Å². The molecule has 8 rings (SSSR count). The van der Waals surface area contributed by atoms with Crippen molar-refractivity contribution >= 4 is 45.8 Å². The van der Waals surface area contributed by atoms with E-state index in [0.29, 0.717) is 17.5 Å². The molecule has 50 heavy (non-hydrogen) atoms. The summed E-state index contributed by atoms with van der Waals surface area (Å²) in [5.41, 5.74) is 2.57. The van der Waals surface area contributed by atoms with Crippen LogP contribution in [0.2, 0.25) is 0 Å². The van der Waals surface area contributed by atoms with Gasteiger partial charge in [0.15, 0.2) is 23.2 Å². The Labute approximate surface area is 285 Å². The summed E-state index contributed by atoms with van der Waals surface area (Å²) in [6.45, 7) is 7.70. The number of ether oxygens (including phenoxy) is 4. The molecule has 0 radical (unpaired) electrons. The van der Waals surface area contributed by atoms with Crippen LogP contribution in [0.3, 0.4) is 0 Å². The van der Waals surface area contributed by atoms with E-state index < -0.39 is 53.5 Å². The molecule has 16 nitrogen and oxygen atoms in total. The molecule has 2 amide bonds. The molecule has 3 N–H and O–H groups in total. The molecule has 0 saturated carbocycles. The van der Waals surface area contributed by atoms with Gasteiger partial charge in [-0.15, -0.1) is 0 Å². The summed E-state index contributed by atoms with van der Waals surface area (Å²) in [6.07, 6.45) is 3.79. The number of carbonyl (C=O) groups excluding carboxylic acids is 2. The molecular formula is C34H39N7O9. The molecule has 2 saturated heterocycles. The molecule has 4 aromatic rings. The number of unbranched alkanes of at least 4 members (excludes halogenated alkanes) is 1. The zero-order valence-electron chi connectivity index (χ0n) is 28.1. The summed E-state index contributed by atoms with van der Waals surface area (Å²) in [4.78, 5) is 65.4. The Balaban J connectivity index is 1.03. The number of amides is 2. The van der Waals surface area contributed by atoms with Gasteiger partial charge in [0.1, 0.15) is 36.1 Å². The Bertz CT molecular complexity index is 2120. The quantitative estimate of drug-likeness (QED) is 0.139. The number of hydrogen-bond acceptors (Lipinski definition) is 12. The van der Waals surface area contributed by atoms with Crippen LogP contribution in [0.4, 0.5) is 16.4 Å². The van der Waals surface area contributed by atoms with Gasteiger partial charge in [-0.05, 0) is 63.6 Å². The minimum absolute atomic E-state index is 0.0290. The maximum atomic E-state index is 13.4. The van der Waals surface area contributed by atoms with Gasteiger partial charge in [0.2, 0.25) is 5.95 Å². The number of fused-ring (bicyclic) bond motifs is 4. The number of carbonyl (C=O) groups is 2. The van der Waals surface area contributed by atoms with Gasteiger partial charge in [0.05, 0.1) is 6.33 Å². The fourth-order valence-corrected chi connectivity index (χ4v) is 7.54. The normalized spacial score (nSPS) is 23.5. The number of nitrogens with zero attached hydrogens (tertiary/aromatic N) is 4. The van der Waals surface area contributed by atoms with Crippen LogP contribution in [0.5, 0.6) is 0 Å². The van der Waals surface area contributed by atoms with Crippen LogP contribution in [0, 0.1) is 0 Å². The first kappa shape index (κ1) is 32.4. The van der Waals surface area contributed by atoms with Gasteiger partial charge in [-0.3, -0.25) is 19.7 Å². The Morgan fingerprint density at radius 1 is 1.12 bits per heavy atom. The van der Waals surface area contributed by atoms with Crippen molar-refractivity contribution in [1.29, 1.82) is 0 Å². The van der Waals surface area contributed by atoms with E-state index >= 15 is 0 Å². The second-order valence-corrected chi connectivity index (χ2v) is 13.6. The number of nitrogens with one attached hydrogen (secondary N) is 3. The lowest BCUT2D eigenvalue weighted by Gasteiger charge is -2.37. The van der Waals surface area contributed by atoms with Crippen molar-refractivity contribution < 1.29 is 33.0 Å². The highest BCUT2D eigenvalue weighted by atomic mass is 16.8. The number of anilines is 2. The molecule has 4 aliphatic heterocycles. The number of benzene rings is 1. The van der Waals surface area contributed by atoms with Crippen molar-refractivity contribution in [3.05, 3.63) is 55.9 Å². The minimum Gasteiger partial charge on any atom is -0.459 e. The SMILES string of the molecule is CCCCNC(=O)Nc1nc2c(ncn2[C@@H]2O[C@H](COC(=O)c3cc4cc5c6c(c4oc3=O)CCCN6CCC5)[C@H]3OC(C)(C)O[C@H]32)c(=O)[nH]1. The highest BCUT2D eigenvalue weighted by Gasteiger charge is 2.56. The molecule has 4 aliphatic rings. The standard InChI is InChI=1S/C34H39N7O9/c1-4-5-10-35-33(45)39-32-37-27-22(28(42)38-32)36-16-41(27)29-26-25(49-34(2,3)50-26)21(47-29)15-46-30(43)20-14-18-13-17-8-6-11-40-12-7-9-19(23(17)40)24(18)48-31(20)44/h13-14,16,21,25-26,29H,4-12,15H2,1-3H3,(H3,35,37,38,39,42,45)/t21-,25-,26-,29-/m1/s1. The minimum atomic E-state index is -1.00. The first-order valence-electron chi connectivity index (χ1n) is 17.2. The molecule has 7 heterocycles. The number of esters is 1. The second-order valence-electron chi connectivity index (χ2n) is 13.6. The predicted molar refractivity (Wildman–Crippen MR) is 179 cm³/mol. The third-order valence-electron chi connectivity index (χ3n) is 9.69. The molecule has 264 valence electrons. The lowest BCUT2D eigenvalue weighted by Crippen LogP contribution is -2.35. The molecule has 0 unspecified atom stereocenters. The molecule has 4 atom stereocenters. The number of aromatic amines is 1. The first-order valence-corrected chi connectivity index (χ1v) is 17.2. The van der Waals surface area contributed by atoms with Gasteiger partial charge >= 0.3 is 17.6 Å². The lowest BCUT2D eigenvalue weighted by molar-refractivity contribution is -0.199. The number of hydrogen-bond donors (Lipinski definition) is 3. The third-order valence-corrected chi connectivity index (χ3v) is 9.69. The second kappa shape index (κ2) is 12.5. The van der Waals surface area contributed by atoms with E-state index in [1.54, 1.807) is 19.9 Å². The number of rotatable bonds is 8. The topological polar surface area (TPSA) is 192 Å². The number of aromatic nitrogens is 4. The zero-order valence-corrected chi connectivity index (χ0v) is 28.1. The van der Waals surface area contributed by atoms with E-state index in [-0.39, 0.29) is 29.3 Å². The summed E-state index contributed by atoms with van der Waals surface area (Å²) in [7, 11) is 0. The Hall–Kier alpha value is -4.80. The summed E-state index contributed by atoms with van der Waals surface area (Å²) >= 11 is 0. The van der Waals surface area contributed by atoms with Crippen molar-refractivity contribution in [1.82, 2.24) is 24.8 Å². The van der Waals surface area contributed by atoms with Gasteiger partial charge in [0, 0.05) is 36.3 Å². The monoisotopic (exact) mass is 689 g/mol. The molecule has 1 aromatic carbocycles. The van der Waals surface area contributed by atoms with Crippen molar-refractivity contribution in [3.63, 3.8) is 0 Å². The average Bonchev–Trinajstić information content (AvgIpc) is 3.74. The van der Waals surface area contributed by atoms with Crippen molar-refractivity contribution in [2.45, 2.75) is 89.6 Å². The summed E-state index contributed by atoms with van der Waals surface area (Å²) in [5.74, 6) is -1.92. The van der Waals surface area contributed by atoms with E-state index in [1.165, 1.54) is 22.1 Å². The van der Waals surface area contributed by atoms with Crippen LogP contribution in [-0.2, 0) is 31.8 Å². The molecule has 16 heteroatoms. The number of imidazole rings is 1. The lowest BCUT2D eigenvalue weighted by atomic mass is 9.90. The highest BCUT2D eigenvalue weighted by molar-refractivity contribution is 5.95. The Morgan fingerprint density at radius 2 is 1.92 bits per heavy atom. The van der Waals surface area contributed by atoms with E-state index in [0.717, 1.165) is 57.2 Å². The van der Waals surface area contributed by atoms with Crippen LogP contribution in [-0.4, -0.2) is 81.9 Å². The first-order chi connectivity index (χ1) is 24.1. The van der Waals surface area contributed by atoms with E-state index in [1.807, 2.05) is 13.0 Å². The van der Waals surface area contributed by atoms with Crippen LogP contribution >= 0.6 is 0 Å². The van der Waals surface area contributed by atoms with Crippen LogP contribution in [0.25, 0.3) is 22.1 Å². The smallest absolute Gasteiger partial charge is 0.351 e. The van der Waals surface area contributed by atoms with E-state index in [4.69, 9.17) is 23.4 Å². The fourth-order valence-electron chi connectivity index (χ4n) is 7.54. The number of aryl methyl sites for hydroxylation is 2. The largest absolute Gasteiger partial charge is 0.459 e. The van der Waals surface area contributed by atoms with Crippen molar-refractivity contribution in [2.75, 3.05) is 36.5 Å². The molecule has 0 spiro atoms. The van der Waals surface area contributed by atoms with Gasteiger partial charge in [-0.1, -0.05) is 13.3 Å². The van der Waals surface area contributed by atoms with Gasteiger partial charge in [-0.25, -0.2) is 19.4 Å². The predicted octanol–water partition coefficient (Wildman–Crippen LogP) is 3.12. The number of urea groups is 1.